The van der Waals surface area contributed by atoms with Crippen LogP contribution in [0.1, 0.15) is 187 Å². The van der Waals surface area contributed by atoms with Gasteiger partial charge in [-0.2, -0.15) is 15.0 Å². The summed E-state index contributed by atoms with van der Waals surface area (Å²) < 4.78 is 35.4. The highest BCUT2D eigenvalue weighted by Gasteiger charge is 2.52. The fraction of sp³-hybridized carbons (Fsp3) is 0.475. The van der Waals surface area contributed by atoms with E-state index in [1.165, 1.54) is 11.1 Å². The molecule has 131 heavy (non-hydrogen) atoms. The summed E-state index contributed by atoms with van der Waals surface area (Å²) in [5.41, 5.74) is 19.7. The van der Waals surface area contributed by atoms with E-state index in [1.54, 1.807) is 34.6 Å². The number of piperidine rings is 1. The summed E-state index contributed by atoms with van der Waals surface area (Å²) in [5.74, 6) is 6.06. The highest BCUT2D eigenvalue weighted by molar-refractivity contribution is 9.10. The van der Waals surface area contributed by atoms with Crippen LogP contribution in [0.2, 0.25) is 0 Å². The molecular formula is C99H133BBrN21O9. The van der Waals surface area contributed by atoms with Gasteiger partial charge in [0.05, 0.1) is 104 Å². The van der Waals surface area contributed by atoms with Gasteiger partial charge in [0, 0.05) is 144 Å². The van der Waals surface area contributed by atoms with E-state index in [4.69, 9.17) is 73.9 Å². The predicted octanol–water partition coefficient (Wildman–Crippen LogP) is 16.5. The molecule has 4 aliphatic heterocycles. The van der Waals surface area contributed by atoms with Gasteiger partial charge in [0.1, 0.15) is 39.5 Å². The number of pyridine rings is 6. The molecule has 3 atom stereocenters. The third kappa shape index (κ3) is 26.1. The lowest BCUT2D eigenvalue weighted by Crippen LogP contribution is -2.41. The highest BCUT2D eigenvalue weighted by atomic mass is 79.9. The van der Waals surface area contributed by atoms with Crippen LogP contribution in [0.4, 0.5) is 35.3 Å². The Hall–Kier alpha value is -10.9. The number of aromatic nitrogens is 12. The fourth-order valence-electron chi connectivity index (χ4n) is 15.8. The molecular weight excluding hydrogens is 1720 g/mol. The van der Waals surface area contributed by atoms with Gasteiger partial charge in [-0.15, -0.1) is 0 Å². The van der Waals surface area contributed by atoms with E-state index in [1.807, 2.05) is 140 Å². The first kappa shape index (κ1) is 99.1. The molecule has 0 unspecified atom stereocenters. The number of rotatable bonds is 34. The van der Waals surface area contributed by atoms with Crippen molar-refractivity contribution in [1.29, 1.82) is 0 Å². The molecule has 0 amide bonds. The maximum absolute atomic E-state index is 10.3. The number of methoxy groups -OCH3 is 4. The molecule has 0 saturated carbocycles. The van der Waals surface area contributed by atoms with Crippen molar-refractivity contribution in [1.82, 2.24) is 74.5 Å². The molecule has 30 nitrogen and oxygen atoms in total. The Morgan fingerprint density at radius 2 is 0.908 bits per heavy atom. The van der Waals surface area contributed by atoms with E-state index in [-0.39, 0.29) is 25.8 Å². The van der Waals surface area contributed by atoms with E-state index in [0.717, 1.165) is 189 Å². The van der Waals surface area contributed by atoms with Gasteiger partial charge in [-0.3, -0.25) is 29.9 Å². The van der Waals surface area contributed by atoms with E-state index >= 15 is 0 Å². The zero-order valence-electron chi connectivity index (χ0n) is 79.4. The van der Waals surface area contributed by atoms with Gasteiger partial charge in [-0.1, -0.05) is 83.6 Å². The molecule has 11 aromatic rings. The third-order valence-corrected chi connectivity index (χ3v) is 25.6. The number of nitrogens with zero attached hydrogens (tertiary/aromatic N) is 15. The smallest absolute Gasteiger partial charge is 0.496 e. The molecule has 2 fully saturated rings. The van der Waals surface area contributed by atoms with E-state index in [0.29, 0.717) is 98.7 Å². The molecule has 10 N–H and O–H groups in total. The second-order valence-electron chi connectivity index (χ2n) is 36.4. The first-order valence-corrected chi connectivity index (χ1v) is 46.4. The molecule has 2 saturated heterocycles. The van der Waals surface area contributed by atoms with Crippen molar-refractivity contribution in [2.75, 3.05) is 141 Å². The summed E-state index contributed by atoms with van der Waals surface area (Å²) in [5, 5.41) is 47.6. The van der Waals surface area contributed by atoms with Crippen molar-refractivity contribution in [2.45, 2.75) is 200 Å². The maximum atomic E-state index is 10.3. The first-order valence-electron chi connectivity index (χ1n) is 45.6. The van der Waals surface area contributed by atoms with Crippen LogP contribution in [0.3, 0.4) is 0 Å². The number of anilines is 6. The molecule has 2 aromatic carbocycles. The lowest BCUT2D eigenvalue weighted by molar-refractivity contribution is 0.00578. The van der Waals surface area contributed by atoms with Crippen molar-refractivity contribution in [3.63, 3.8) is 0 Å². The van der Waals surface area contributed by atoms with Gasteiger partial charge in [-0.05, 0) is 221 Å². The molecule has 13 heterocycles. The monoisotopic (exact) mass is 1850 g/mol. The Bertz CT molecular complexity index is 5670. The van der Waals surface area contributed by atoms with Crippen LogP contribution in [0.5, 0.6) is 23.0 Å². The zero-order chi connectivity index (χ0) is 93.6. The Morgan fingerprint density at radius 1 is 0.481 bits per heavy atom. The van der Waals surface area contributed by atoms with Crippen molar-refractivity contribution in [2.24, 2.45) is 0 Å². The minimum atomic E-state index is -0.570. The first-order chi connectivity index (χ1) is 62.9. The van der Waals surface area contributed by atoms with E-state index < -0.39 is 34.9 Å². The van der Waals surface area contributed by atoms with Crippen LogP contribution in [-0.2, 0) is 22.4 Å². The molecule has 4 aliphatic rings. The van der Waals surface area contributed by atoms with Crippen LogP contribution in [0.25, 0.3) is 66.5 Å². The number of aliphatic hydroxyl groups excluding tert-OH is 3. The number of hydrogen-bond acceptors (Lipinski definition) is 30. The van der Waals surface area contributed by atoms with Crippen molar-refractivity contribution in [3.8, 4) is 45.3 Å². The number of aliphatic hydroxyl groups is 3. The standard InChI is InChI=1S/C34H43N7O3.C29H42BN5O5.C25H35N7O.C11H13BrN2/c1-6-7-14-34(2,22-42)40-32-31-29(38-33(39-32)37-20-25-8-10-27(43-4)18-30(25)44-5)17-26(21-36-31)24-9-11-28(35-19-24)23-12-15-41(3)16-13-23;1-9-10-13-29(6,18-36)35-25-24-22(14-20(17-31-24)30-39-27(2,3)28(4,5)40-30)33-26(34-25)32-16-19-11-12-21(37-7)15-23(19)38-8;1-4-5-10-25(2,16-33)31-23-22-21(29-24(26)30-23)13-19(15-28-22)18-6-7-20(27-14-18)17-8-11-32(3)12-9-17;1-14-6-4-9(5-7-14)11-3-2-10(12)8-13-11/h8-12,17-19,21,42H,6-7,13-16,20,22H2,1-5H3,(H2,37,38,39,40);11-12,14-15,17,36H,9-10,13,16,18H2,1-8H3,(H2,32,33,34,35);6-7,13-15,17,33H,4-5,8-12,16H2,1-3H3,(H3,26,29,30,31);2-4,8H,5-7H2,1H3/t34-;29-;25-;/m111./s1. The lowest BCUT2D eigenvalue weighted by Gasteiger charge is -2.32. The number of likely N-dealkylation sites (N-methyl/N-ethyl adjacent to an activating group) is 2. The molecule has 0 aliphatic carbocycles. The largest absolute Gasteiger partial charge is 0.497 e. The zero-order valence-corrected chi connectivity index (χ0v) is 80.9. The molecule has 15 rings (SSSR count). The number of unbranched alkanes of at least 4 members (excludes halogenated alkanes) is 3. The van der Waals surface area contributed by atoms with Crippen molar-refractivity contribution in [3.05, 3.63) is 173 Å². The fourth-order valence-corrected chi connectivity index (χ4v) is 16.1. The SMILES string of the molecule is CCCC[C@](C)(CO)Nc1nc(N)nc2cc(-c3ccc(C4CCN(C)CC4)nc3)cnc12.CCCC[C@](C)(CO)Nc1nc(NCc2ccc(OC)cc2OC)nc2cc(-c3ccc(C4=CCN(C)CC4)nc3)cnc12.CCCC[C@](C)(CO)Nc1nc(NCc2ccc(OC)cc2OC)nc2cc(B3OC(C)(C)C(C)(C)O3)cnc12.CN1CC=C(c2ccc(Br)cn2)CC1. The van der Waals surface area contributed by atoms with E-state index in [9.17, 15) is 15.3 Å². The van der Waals surface area contributed by atoms with Crippen LogP contribution < -0.4 is 56.7 Å². The van der Waals surface area contributed by atoms with Crippen molar-refractivity contribution >= 4 is 108 Å². The number of ether oxygens (including phenoxy) is 4. The number of fused-ring (bicyclic) bond motifs is 3. The van der Waals surface area contributed by atoms with Gasteiger partial charge in [0.25, 0.3) is 0 Å². The van der Waals surface area contributed by atoms with Gasteiger partial charge in [0.2, 0.25) is 17.8 Å². The average molecular weight is 1850 g/mol. The maximum Gasteiger partial charge on any atom is 0.496 e. The summed E-state index contributed by atoms with van der Waals surface area (Å²) in [6, 6.07) is 29.8. The number of benzene rings is 2. The van der Waals surface area contributed by atoms with Crippen LogP contribution in [0, 0.1) is 0 Å². The summed E-state index contributed by atoms with van der Waals surface area (Å²) in [6.07, 6.45) is 28.4. The quantitative estimate of drug-likeness (QED) is 0.0169. The molecule has 32 heteroatoms. The number of nitrogens with one attached hydrogen (secondary N) is 5. The molecule has 0 bridgehead atoms. The summed E-state index contributed by atoms with van der Waals surface area (Å²) in [4.78, 5) is 63.2. The summed E-state index contributed by atoms with van der Waals surface area (Å²) in [7, 11) is 12.4. The second kappa shape index (κ2) is 45.5. The Balaban J connectivity index is 0.000000166. The molecule has 698 valence electrons. The van der Waals surface area contributed by atoms with Gasteiger partial charge < -0.3 is 90.6 Å². The third-order valence-electron chi connectivity index (χ3n) is 25.2. The predicted molar refractivity (Wildman–Crippen MR) is 530 cm³/mol. The number of likely N-dealkylation sites (tertiary alicyclic amines) is 1. The summed E-state index contributed by atoms with van der Waals surface area (Å²) in [6.45, 7) is 27.6. The Kier molecular flexibility index (Phi) is 34.4. The lowest BCUT2D eigenvalue weighted by atomic mass is 9.80. The Labute approximate surface area is 780 Å². The number of nitrogen functional groups attached to an aromatic ring is 1. The molecule has 0 radical (unpaired) electrons. The van der Waals surface area contributed by atoms with Crippen LogP contribution in [0.15, 0.2) is 145 Å². The number of hydrogen-bond donors (Lipinski definition) is 9. The van der Waals surface area contributed by atoms with Crippen molar-refractivity contribution < 1.29 is 43.6 Å². The van der Waals surface area contributed by atoms with Crippen LogP contribution in [-0.4, -0.2) is 233 Å². The Morgan fingerprint density at radius 3 is 1.31 bits per heavy atom. The minimum absolute atomic E-state index is 0.00815. The number of halogens is 1. The van der Waals surface area contributed by atoms with Gasteiger partial charge >= 0.3 is 7.12 Å². The van der Waals surface area contributed by atoms with Crippen LogP contribution >= 0.6 is 15.9 Å². The second-order valence-corrected chi connectivity index (χ2v) is 37.3. The average Bonchev–Trinajstić information content (AvgIpc) is 1.55. The highest BCUT2D eigenvalue weighted by Crippen LogP contribution is 2.40. The molecule has 0 spiro atoms. The summed E-state index contributed by atoms with van der Waals surface area (Å²) >= 11 is 3.39. The normalized spacial score (nSPS) is 16.6. The molecule has 9 aromatic heterocycles. The number of nitrogens with two attached hydrogens (primary N) is 1. The topological polar surface area (TPSA) is 367 Å². The van der Waals surface area contributed by atoms with Gasteiger partial charge in [0.15, 0.2) is 17.5 Å². The minimum Gasteiger partial charge on any atom is -0.497 e. The van der Waals surface area contributed by atoms with Gasteiger partial charge in [-0.25, -0.2) is 15.0 Å². The van der Waals surface area contributed by atoms with E-state index in [2.05, 4.69) is 162 Å².